The summed E-state index contributed by atoms with van der Waals surface area (Å²) >= 11 is 0. The summed E-state index contributed by atoms with van der Waals surface area (Å²) in [7, 11) is -3.86. The summed E-state index contributed by atoms with van der Waals surface area (Å²) in [5, 5.41) is 27.2. The van der Waals surface area contributed by atoms with Crippen LogP contribution >= 0.6 is 0 Å². The molecule has 7 nitrogen and oxygen atoms in total. The summed E-state index contributed by atoms with van der Waals surface area (Å²) in [6.45, 7) is 1.56. The minimum absolute atomic E-state index is 0.136. The highest BCUT2D eigenvalue weighted by molar-refractivity contribution is 7.89. The highest BCUT2D eigenvalue weighted by atomic mass is 32.2. The average Bonchev–Trinajstić information content (AvgIpc) is 2.36. The summed E-state index contributed by atoms with van der Waals surface area (Å²) < 4.78 is 22.4. The number of hydrogen-bond acceptors (Lipinski definition) is 5. The van der Waals surface area contributed by atoms with Crippen LogP contribution in [-0.4, -0.2) is 37.2 Å². The first-order valence-electron chi connectivity index (χ1n) is 5.95. The van der Waals surface area contributed by atoms with Crippen LogP contribution in [0.25, 0.3) is 0 Å². The molecule has 0 aliphatic heterocycles. The lowest BCUT2D eigenvalue weighted by molar-refractivity contribution is -0.119. The summed E-state index contributed by atoms with van der Waals surface area (Å²) in [5.41, 5.74) is 0.242. The van der Waals surface area contributed by atoms with Crippen molar-refractivity contribution < 1.29 is 23.4 Å². The second-order valence-electron chi connectivity index (χ2n) is 4.40. The molecule has 0 radical (unpaired) electrons. The lowest BCUT2D eigenvalue weighted by Crippen LogP contribution is -2.27. The van der Waals surface area contributed by atoms with Gasteiger partial charge in [-0.15, -0.1) is 0 Å². The van der Waals surface area contributed by atoms with Crippen molar-refractivity contribution in [2.45, 2.75) is 30.4 Å². The Kier molecular flexibility index (Phi) is 5.63. The topological polar surface area (TPSA) is 130 Å². The molecule has 1 rings (SSSR count). The number of benzene rings is 1. The number of nitrogens with two attached hydrogens (primary N) is 1. The highest BCUT2D eigenvalue weighted by Gasteiger charge is 2.19. The average molecular weight is 302 g/mol. The monoisotopic (exact) mass is 302 g/mol. The second kappa shape index (κ2) is 6.80. The van der Waals surface area contributed by atoms with Gasteiger partial charge in [-0.2, -0.15) is 0 Å². The number of sulfonamides is 1. The third-order valence-electron chi connectivity index (χ3n) is 2.71. The molecule has 2 atom stereocenters. The highest BCUT2D eigenvalue weighted by Crippen LogP contribution is 2.21. The molecule has 1 aromatic rings. The van der Waals surface area contributed by atoms with E-state index in [2.05, 4.69) is 5.32 Å². The molecule has 1 aromatic carbocycles. The lowest BCUT2D eigenvalue weighted by atomic mass is 10.0. The summed E-state index contributed by atoms with van der Waals surface area (Å²) in [6, 6.07) is 5.43. The van der Waals surface area contributed by atoms with E-state index in [4.69, 9.17) is 5.14 Å². The Morgan fingerprint density at radius 1 is 1.40 bits per heavy atom. The number of primary sulfonamides is 1. The van der Waals surface area contributed by atoms with Crippen molar-refractivity contribution in [2.24, 2.45) is 5.14 Å². The van der Waals surface area contributed by atoms with Crippen LogP contribution in [0.2, 0.25) is 0 Å². The Hall–Kier alpha value is -1.48. The number of rotatable bonds is 6. The molecule has 0 spiro atoms. The van der Waals surface area contributed by atoms with E-state index in [0.717, 1.165) is 0 Å². The maximum atomic E-state index is 11.2. The Bertz CT molecular complexity index is 573. The maximum Gasteiger partial charge on any atom is 0.238 e. The SMILES string of the molecule is CC(=O)NCCC(O)C(O)c1cccc(S(N)(=O)=O)c1. The number of carbonyl (C=O) groups excluding carboxylic acids is 1. The molecule has 0 aromatic heterocycles. The van der Waals surface area contributed by atoms with Gasteiger partial charge in [0.15, 0.2) is 0 Å². The molecule has 0 aliphatic carbocycles. The third kappa shape index (κ3) is 4.89. The van der Waals surface area contributed by atoms with Crippen LogP contribution in [0.4, 0.5) is 0 Å². The second-order valence-corrected chi connectivity index (χ2v) is 5.96. The molecule has 20 heavy (non-hydrogen) atoms. The first-order valence-corrected chi connectivity index (χ1v) is 7.50. The summed E-state index contributed by atoms with van der Waals surface area (Å²) in [5.74, 6) is -0.233. The number of nitrogens with one attached hydrogen (secondary N) is 1. The molecule has 1 amide bonds. The summed E-state index contributed by atoms with van der Waals surface area (Å²) in [4.78, 5) is 10.5. The fourth-order valence-electron chi connectivity index (χ4n) is 1.65. The molecule has 0 saturated heterocycles. The number of amides is 1. The number of carbonyl (C=O) groups is 1. The van der Waals surface area contributed by atoms with Crippen molar-refractivity contribution in [1.82, 2.24) is 5.32 Å². The van der Waals surface area contributed by atoms with Crippen molar-refractivity contribution in [2.75, 3.05) is 6.54 Å². The van der Waals surface area contributed by atoms with Crippen LogP contribution < -0.4 is 10.5 Å². The minimum Gasteiger partial charge on any atom is -0.390 e. The summed E-state index contributed by atoms with van der Waals surface area (Å²) in [6.07, 6.45) is -2.25. The van der Waals surface area contributed by atoms with E-state index in [1.807, 2.05) is 0 Å². The Morgan fingerprint density at radius 3 is 2.60 bits per heavy atom. The zero-order valence-corrected chi connectivity index (χ0v) is 11.8. The largest absolute Gasteiger partial charge is 0.390 e. The van der Waals surface area contributed by atoms with Gasteiger partial charge in [0, 0.05) is 13.5 Å². The van der Waals surface area contributed by atoms with Crippen molar-refractivity contribution in [1.29, 1.82) is 0 Å². The zero-order valence-electron chi connectivity index (χ0n) is 11.0. The van der Waals surface area contributed by atoms with Gasteiger partial charge >= 0.3 is 0 Å². The molecule has 112 valence electrons. The van der Waals surface area contributed by atoms with Gasteiger partial charge in [0.25, 0.3) is 0 Å². The molecule has 0 fully saturated rings. The van der Waals surface area contributed by atoms with Gasteiger partial charge in [-0.3, -0.25) is 4.79 Å². The van der Waals surface area contributed by atoms with Gasteiger partial charge in [-0.25, -0.2) is 13.6 Å². The molecule has 5 N–H and O–H groups in total. The van der Waals surface area contributed by atoms with E-state index in [1.54, 1.807) is 0 Å². The fourth-order valence-corrected chi connectivity index (χ4v) is 2.22. The van der Waals surface area contributed by atoms with Gasteiger partial charge in [0.1, 0.15) is 6.10 Å². The van der Waals surface area contributed by atoms with Gasteiger partial charge in [0.2, 0.25) is 15.9 Å². The Labute approximate surface area is 117 Å². The number of aliphatic hydroxyl groups is 2. The molecule has 0 heterocycles. The van der Waals surface area contributed by atoms with E-state index in [0.29, 0.717) is 0 Å². The van der Waals surface area contributed by atoms with Crippen LogP contribution in [-0.2, 0) is 14.8 Å². The smallest absolute Gasteiger partial charge is 0.238 e. The molecule has 0 bridgehead atoms. The van der Waals surface area contributed by atoms with E-state index in [9.17, 15) is 23.4 Å². The predicted molar refractivity (Wildman–Crippen MR) is 72.1 cm³/mol. The lowest BCUT2D eigenvalue weighted by Gasteiger charge is -2.18. The van der Waals surface area contributed by atoms with Crippen LogP contribution in [0.5, 0.6) is 0 Å². The normalized spacial score (nSPS) is 14.6. The van der Waals surface area contributed by atoms with Crippen LogP contribution in [0.1, 0.15) is 25.0 Å². The standard InChI is InChI=1S/C12H18N2O5S/c1-8(15)14-6-5-11(16)12(17)9-3-2-4-10(7-9)20(13,18)19/h2-4,7,11-12,16-17H,5-6H2,1H3,(H,14,15)(H2,13,18,19). The van der Waals surface area contributed by atoms with E-state index in [-0.39, 0.29) is 29.3 Å². The first-order chi connectivity index (χ1) is 9.21. The van der Waals surface area contributed by atoms with Crippen molar-refractivity contribution >= 4 is 15.9 Å². The zero-order chi connectivity index (χ0) is 15.3. The number of hydrogen-bond donors (Lipinski definition) is 4. The molecule has 8 heteroatoms. The Morgan fingerprint density at radius 2 is 2.05 bits per heavy atom. The maximum absolute atomic E-state index is 11.2. The van der Waals surface area contributed by atoms with Gasteiger partial charge in [-0.1, -0.05) is 12.1 Å². The van der Waals surface area contributed by atoms with Crippen LogP contribution in [0, 0.1) is 0 Å². The fraction of sp³-hybridized carbons (Fsp3) is 0.417. The van der Waals surface area contributed by atoms with Crippen molar-refractivity contribution in [3.05, 3.63) is 29.8 Å². The molecule has 0 saturated carbocycles. The molecular weight excluding hydrogens is 284 g/mol. The van der Waals surface area contributed by atoms with Gasteiger partial charge in [0.05, 0.1) is 11.0 Å². The van der Waals surface area contributed by atoms with E-state index < -0.39 is 22.2 Å². The third-order valence-corrected chi connectivity index (χ3v) is 3.62. The molecular formula is C12H18N2O5S. The minimum atomic E-state index is -3.86. The van der Waals surface area contributed by atoms with E-state index >= 15 is 0 Å². The van der Waals surface area contributed by atoms with Crippen LogP contribution in [0.3, 0.4) is 0 Å². The Balaban J connectivity index is 2.76. The van der Waals surface area contributed by atoms with Gasteiger partial charge < -0.3 is 15.5 Å². The van der Waals surface area contributed by atoms with E-state index in [1.165, 1.54) is 31.2 Å². The van der Waals surface area contributed by atoms with Crippen LogP contribution in [0.15, 0.2) is 29.2 Å². The molecule has 2 unspecified atom stereocenters. The molecule has 0 aliphatic rings. The van der Waals surface area contributed by atoms with Crippen molar-refractivity contribution in [3.63, 3.8) is 0 Å². The first kappa shape index (κ1) is 16.6. The van der Waals surface area contributed by atoms with Gasteiger partial charge in [-0.05, 0) is 24.1 Å². The predicted octanol–water partition coefficient (Wildman–Crippen LogP) is -0.745. The number of aliphatic hydroxyl groups excluding tert-OH is 2. The van der Waals surface area contributed by atoms with Crippen molar-refractivity contribution in [3.8, 4) is 0 Å². The quantitative estimate of drug-likeness (QED) is 0.549.